The number of halogens is 10. The number of nitrogens with two attached hydrogens (primary N) is 1. The average Bonchev–Trinajstić information content (AvgIpc) is 3.06. The molecule has 0 amide bonds. The van der Waals surface area contributed by atoms with Gasteiger partial charge in [-0.2, -0.15) is 36.7 Å². The van der Waals surface area contributed by atoms with E-state index >= 15 is 0 Å². The van der Waals surface area contributed by atoms with E-state index in [4.69, 9.17) is 34.2 Å². The van der Waals surface area contributed by atoms with E-state index in [0.717, 1.165) is 0 Å². The predicted molar refractivity (Wildman–Crippen MR) is 93.2 cm³/mol. The number of rotatable bonds is 3. The first-order valence-electron chi connectivity index (χ1n) is 7.88. The van der Waals surface area contributed by atoms with Crippen LogP contribution in [0.15, 0.2) is 17.0 Å². The molecule has 1 atom stereocenters. The topological polar surface area (TPSA) is 102 Å². The summed E-state index contributed by atoms with van der Waals surface area (Å²) < 4.78 is 130. The summed E-state index contributed by atoms with van der Waals surface area (Å²) in [5.41, 5.74) is -7.22. The number of sulfone groups is 1. The molecule has 1 aliphatic carbocycles. The van der Waals surface area contributed by atoms with Gasteiger partial charge < -0.3 is 5.73 Å². The normalized spacial score (nSPS) is 20.8. The molecule has 0 aliphatic heterocycles. The van der Waals surface area contributed by atoms with E-state index in [1.807, 2.05) is 0 Å². The molecular weight excluding hydrogens is 523 g/mol. The maximum Gasteiger partial charge on any atom is 0.501 e. The van der Waals surface area contributed by atoms with E-state index in [9.17, 15) is 43.5 Å². The van der Waals surface area contributed by atoms with Crippen LogP contribution in [-0.4, -0.2) is 35.8 Å². The minimum atomic E-state index is -5.92. The van der Waals surface area contributed by atoms with Gasteiger partial charge in [0.1, 0.15) is 17.6 Å². The highest BCUT2D eigenvalue weighted by atomic mass is 35.5. The van der Waals surface area contributed by atoms with Crippen molar-refractivity contribution in [3.8, 4) is 11.8 Å². The van der Waals surface area contributed by atoms with Crippen molar-refractivity contribution in [1.29, 1.82) is 5.26 Å². The summed E-state index contributed by atoms with van der Waals surface area (Å²) in [5, 5.41) is 10.8. The second-order valence-electron chi connectivity index (χ2n) is 6.60. The molecule has 1 saturated carbocycles. The molecule has 174 valence electrons. The molecule has 3 rings (SSSR count). The zero-order chi connectivity index (χ0) is 24.7. The van der Waals surface area contributed by atoms with Crippen molar-refractivity contribution in [3.05, 3.63) is 33.4 Å². The Hall–Kier alpha value is -2.31. The Morgan fingerprint density at radius 1 is 1.12 bits per heavy atom. The van der Waals surface area contributed by atoms with E-state index in [1.165, 1.54) is 6.07 Å². The molecule has 6 nitrogen and oxygen atoms in total. The Labute approximate surface area is 183 Å². The first-order chi connectivity index (χ1) is 14.3. The largest absolute Gasteiger partial charge is 0.501 e. The summed E-state index contributed by atoms with van der Waals surface area (Å²) in [4.78, 5) is -1.41. The number of nitrogens with zero attached hydrogens (tertiary/aromatic N) is 3. The maximum absolute atomic E-state index is 13.8. The van der Waals surface area contributed by atoms with Crippen LogP contribution in [0.4, 0.5) is 40.9 Å². The van der Waals surface area contributed by atoms with Crippen LogP contribution in [0.1, 0.15) is 17.7 Å². The van der Waals surface area contributed by atoms with Crippen LogP contribution >= 0.6 is 23.2 Å². The quantitative estimate of drug-likeness (QED) is 0.578. The summed E-state index contributed by atoms with van der Waals surface area (Å²) in [6.45, 7) is 0. The highest BCUT2D eigenvalue weighted by Gasteiger charge is 2.86. The Bertz CT molecular complexity index is 1260. The number of aromatic nitrogens is 2. The molecule has 32 heavy (non-hydrogen) atoms. The molecule has 0 bridgehead atoms. The fourth-order valence-corrected chi connectivity index (χ4v) is 4.73. The van der Waals surface area contributed by atoms with Crippen molar-refractivity contribution in [2.45, 2.75) is 34.3 Å². The van der Waals surface area contributed by atoms with E-state index in [1.54, 1.807) is 0 Å². The Morgan fingerprint density at radius 3 is 1.94 bits per heavy atom. The van der Waals surface area contributed by atoms with Crippen molar-refractivity contribution in [3.63, 3.8) is 0 Å². The van der Waals surface area contributed by atoms with Gasteiger partial charge in [-0.1, -0.05) is 23.2 Å². The molecule has 1 aliphatic rings. The number of alkyl halides is 8. The third-order valence-electron chi connectivity index (χ3n) is 4.74. The lowest BCUT2D eigenvalue weighted by Crippen LogP contribution is -2.35. The summed E-state index contributed by atoms with van der Waals surface area (Å²) >= 11 is 11.6. The molecule has 17 heteroatoms. The van der Waals surface area contributed by atoms with Crippen molar-refractivity contribution in [1.82, 2.24) is 9.78 Å². The Morgan fingerprint density at radius 2 is 1.59 bits per heavy atom. The van der Waals surface area contributed by atoms with Crippen LogP contribution in [0.3, 0.4) is 0 Å². The molecule has 2 N–H and O–H groups in total. The first kappa shape index (κ1) is 24.3. The highest BCUT2D eigenvalue weighted by Crippen LogP contribution is 2.70. The monoisotopic (exact) mass is 528 g/mol. The zero-order valence-corrected chi connectivity index (χ0v) is 17.1. The number of hydrogen-bond donors (Lipinski definition) is 1. The van der Waals surface area contributed by atoms with Crippen LogP contribution in [0.5, 0.6) is 0 Å². The van der Waals surface area contributed by atoms with E-state index in [2.05, 4.69) is 5.10 Å². The molecule has 1 aromatic carbocycles. The van der Waals surface area contributed by atoms with E-state index < -0.39 is 77.0 Å². The fourth-order valence-electron chi connectivity index (χ4n) is 3.14. The molecule has 1 fully saturated rings. The van der Waals surface area contributed by atoms with Gasteiger partial charge >= 0.3 is 11.7 Å². The third kappa shape index (κ3) is 3.19. The summed E-state index contributed by atoms with van der Waals surface area (Å²) in [6.07, 6.45) is -7.28. The third-order valence-corrected chi connectivity index (χ3v) is 6.78. The summed E-state index contributed by atoms with van der Waals surface area (Å²) in [6, 6.07) is 1.74. The molecule has 0 spiro atoms. The van der Waals surface area contributed by atoms with E-state index in [-0.39, 0.29) is 16.8 Å². The lowest BCUT2D eigenvalue weighted by Gasteiger charge is -2.20. The van der Waals surface area contributed by atoms with Gasteiger partial charge in [0.25, 0.3) is 15.8 Å². The van der Waals surface area contributed by atoms with Crippen LogP contribution < -0.4 is 5.73 Å². The molecule has 0 radical (unpaired) electrons. The summed E-state index contributed by atoms with van der Waals surface area (Å²) in [5.74, 6) is -5.46. The minimum absolute atomic E-state index is 0.254. The van der Waals surface area contributed by atoms with Gasteiger partial charge in [-0.05, 0) is 12.1 Å². The molecule has 1 unspecified atom stereocenters. The van der Waals surface area contributed by atoms with Crippen molar-refractivity contribution in [2.24, 2.45) is 0 Å². The SMILES string of the molecule is N#Cc1nn(-c2c(Cl)cc(S(=O)(=O)C(F)(F)F)cc2Cl)c(N)c1C1(C(F)(F)F)CC1(F)F. The molecule has 0 saturated heterocycles. The fraction of sp³-hybridized carbons (Fsp3) is 0.333. The predicted octanol–water partition coefficient (Wildman–Crippen LogP) is 4.77. The number of anilines is 1. The van der Waals surface area contributed by atoms with Gasteiger partial charge in [0.2, 0.25) is 0 Å². The maximum atomic E-state index is 13.8. The smallest absolute Gasteiger partial charge is 0.383 e. The lowest BCUT2D eigenvalue weighted by molar-refractivity contribution is -0.182. The van der Waals surface area contributed by atoms with Crippen LogP contribution in [0.2, 0.25) is 10.0 Å². The highest BCUT2D eigenvalue weighted by molar-refractivity contribution is 7.92. The first-order valence-corrected chi connectivity index (χ1v) is 10.1. The Balaban J connectivity index is 2.28. The number of benzene rings is 1. The Kier molecular flexibility index (Phi) is 5.21. The molecule has 2 aromatic rings. The van der Waals surface area contributed by atoms with Crippen LogP contribution in [0, 0.1) is 11.3 Å². The van der Waals surface area contributed by atoms with E-state index in [0.29, 0.717) is 0 Å². The van der Waals surface area contributed by atoms with Crippen molar-refractivity contribution >= 4 is 38.9 Å². The van der Waals surface area contributed by atoms with Gasteiger partial charge in [0.15, 0.2) is 11.1 Å². The number of hydrogen-bond acceptors (Lipinski definition) is 5. The van der Waals surface area contributed by atoms with Crippen molar-refractivity contribution in [2.75, 3.05) is 5.73 Å². The van der Waals surface area contributed by atoms with Crippen LogP contribution in [0.25, 0.3) is 5.69 Å². The summed E-state index contributed by atoms with van der Waals surface area (Å²) in [7, 11) is -5.92. The number of nitrogen functional groups attached to an aromatic ring is 1. The molecule has 1 aromatic heterocycles. The minimum Gasteiger partial charge on any atom is -0.383 e. The lowest BCUT2D eigenvalue weighted by atomic mass is 9.94. The second kappa shape index (κ2) is 6.84. The second-order valence-corrected chi connectivity index (χ2v) is 9.36. The van der Waals surface area contributed by atoms with Gasteiger partial charge in [0, 0.05) is 6.42 Å². The number of nitriles is 1. The average molecular weight is 529 g/mol. The zero-order valence-electron chi connectivity index (χ0n) is 14.8. The van der Waals surface area contributed by atoms with Crippen molar-refractivity contribution < 1.29 is 43.5 Å². The molecule has 1 heterocycles. The standard InChI is InChI=1S/C15H6Cl2F8N4O2S/c16-6-1-5(32(30,31)15(23,24)25)2-7(17)10(6)29-11(27)9(8(3-26)28-29)12(14(20,21)22)4-13(12,18)19/h1-2H,4,27H2. The van der Waals surface area contributed by atoms with Gasteiger partial charge in [-0.15, -0.1) is 0 Å². The van der Waals surface area contributed by atoms with Gasteiger partial charge in [-0.3, -0.25) is 0 Å². The van der Waals surface area contributed by atoms with Crippen LogP contribution in [-0.2, 0) is 15.3 Å². The molecular formula is C15H6Cl2F8N4O2S. The van der Waals surface area contributed by atoms with Gasteiger partial charge in [-0.25, -0.2) is 21.9 Å². The van der Waals surface area contributed by atoms with Gasteiger partial charge in [0.05, 0.1) is 20.5 Å².